The van der Waals surface area contributed by atoms with Crippen LogP contribution in [0.1, 0.15) is 52.9 Å². The Bertz CT molecular complexity index is 183. The molecular formula is C14H30N2. The first-order valence-electron chi connectivity index (χ1n) is 6.98. The third kappa shape index (κ3) is 4.42. The second-order valence-corrected chi connectivity index (χ2v) is 5.94. The highest BCUT2D eigenvalue weighted by atomic mass is 15.2. The van der Waals surface area contributed by atoms with E-state index in [0.29, 0.717) is 5.54 Å². The van der Waals surface area contributed by atoms with E-state index in [9.17, 15) is 0 Å². The van der Waals surface area contributed by atoms with Crippen LogP contribution in [0, 0.1) is 5.92 Å². The van der Waals surface area contributed by atoms with Crippen molar-refractivity contribution in [2.24, 2.45) is 5.92 Å². The lowest BCUT2D eigenvalue weighted by Gasteiger charge is -2.35. The smallest absolute Gasteiger partial charge is 0.0147 e. The van der Waals surface area contributed by atoms with Crippen LogP contribution in [-0.2, 0) is 0 Å². The third-order valence-corrected chi connectivity index (χ3v) is 4.40. The van der Waals surface area contributed by atoms with Gasteiger partial charge in [0.2, 0.25) is 0 Å². The van der Waals surface area contributed by atoms with Crippen molar-refractivity contribution in [1.29, 1.82) is 0 Å². The predicted octanol–water partition coefficient (Wildman–Crippen LogP) is 2.89. The number of piperidine rings is 1. The first kappa shape index (κ1) is 14.0. The zero-order valence-corrected chi connectivity index (χ0v) is 11.7. The maximum Gasteiger partial charge on any atom is 0.0147 e. The van der Waals surface area contributed by atoms with E-state index in [1.54, 1.807) is 0 Å². The number of nitrogens with zero attached hydrogens (tertiary/aromatic N) is 1. The summed E-state index contributed by atoms with van der Waals surface area (Å²) in [5, 5.41) is 3.50. The van der Waals surface area contributed by atoms with Gasteiger partial charge in [-0.1, -0.05) is 6.92 Å². The molecule has 1 heterocycles. The molecule has 1 atom stereocenters. The quantitative estimate of drug-likeness (QED) is 0.749. The van der Waals surface area contributed by atoms with Crippen LogP contribution in [0.2, 0.25) is 0 Å². The fraction of sp³-hybridized carbons (Fsp3) is 1.00. The van der Waals surface area contributed by atoms with Crippen LogP contribution in [0.15, 0.2) is 0 Å². The average molecular weight is 226 g/mol. The molecule has 96 valence electrons. The number of hydrogen-bond donors (Lipinski definition) is 1. The number of nitrogens with one attached hydrogen (secondary N) is 1. The van der Waals surface area contributed by atoms with Crippen LogP contribution >= 0.6 is 0 Å². The lowest BCUT2D eigenvalue weighted by atomic mass is 9.94. The van der Waals surface area contributed by atoms with Crippen LogP contribution in [-0.4, -0.2) is 37.1 Å². The molecule has 1 unspecified atom stereocenters. The maximum atomic E-state index is 3.50. The normalized spacial score (nSPS) is 22.7. The third-order valence-electron chi connectivity index (χ3n) is 4.40. The molecule has 1 aliphatic heterocycles. The standard InChI is InChI=1S/C14H30N2/c1-5-14(2,3)16(4)11-7-9-13-8-6-10-15-12-13/h13,15H,5-12H2,1-4H3. The zero-order valence-electron chi connectivity index (χ0n) is 11.7. The molecule has 0 saturated carbocycles. The Kier molecular flexibility index (Phi) is 5.77. The van der Waals surface area contributed by atoms with E-state index in [2.05, 4.69) is 38.0 Å². The Morgan fingerprint density at radius 1 is 1.38 bits per heavy atom. The average Bonchev–Trinajstić information content (AvgIpc) is 2.30. The SMILES string of the molecule is CCC(C)(C)N(C)CCCC1CCCNC1. The lowest BCUT2D eigenvalue weighted by molar-refractivity contribution is 0.145. The van der Waals surface area contributed by atoms with Gasteiger partial charge < -0.3 is 10.2 Å². The summed E-state index contributed by atoms with van der Waals surface area (Å²) in [6, 6.07) is 0. The van der Waals surface area contributed by atoms with Crippen LogP contribution < -0.4 is 5.32 Å². The van der Waals surface area contributed by atoms with E-state index in [1.807, 2.05) is 0 Å². The largest absolute Gasteiger partial charge is 0.316 e. The molecule has 1 N–H and O–H groups in total. The fourth-order valence-electron chi connectivity index (χ4n) is 2.36. The van der Waals surface area contributed by atoms with Crippen LogP contribution in [0.4, 0.5) is 0 Å². The Morgan fingerprint density at radius 2 is 2.12 bits per heavy atom. The molecule has 0 amide bonds. The minimum atomic E-state index is 0.366. The summed E-state index contributed by atoms with van der Waals surface area (Å²) in [4.78, 5) is 2.52. The Hall–Kier alpha value is -0.0800. The van der Waals surface area contributed by atoms with Gasteiger partial charge in [0.05, 0.1) is 0 Å². The summed E-state index contributed by atoms with van der Waals surface area (Å²) in [7, 11) is 2.27. The van der Waals surface area contributed by atoms with Crippen molar-refractivity contribution < 1.29 is 0 Å². The van der Waals surface area contributed by atoms with Crippen LogP contribution in [0.5, 0.6) is 0 Å². The molecular weight excluding hydrogens is 196 g/mol. The van der Waals surface area contributed by atoms with Gasteiger partial charge in [0.1, 0.15) is 0 Å². The van der Waals surface area contributed by atoms with E-state index in [0.717, 1.165) is 5.92 Å². The van der Waals surface area contributed by atoms with Gasteiger partial charge in [0.15, 0.2) is 0 Å². The minimum absolute atomic E-state index is 0.366. The van der Waals surface area contributed by atoms with Crippen molar-refractivity contribution in [3.05, 3.63) is 0 Å². The van der Waals surface area contributed by atoms with Gasteiger partial charge in [0.25, 0.3) is 0 Å². The fourth-order valence-corrected chi connectivity index (χ4v) is 2.36. The first-order chi connectivity index (χ1) is 7.56. The number of hydrogen-bond acceptors (Lipinski definition) is 2. The molecule has 0 aliphatic carbocycles. The minimum Gasteiger partial charge on any atom is -0.316 e. The van der Waals surface area contributed by atoms with Gasteiger partial charge in [-0.15, -0.1) is 0 Å². The summed E-state index contributed by atoms with van der Waals surface area (Å²) in [6.07, 6.45) is 6.80. The summed E-state index contributed by atoms with van der Waals surface area (Å²) >= 11 is 0. The van der Waals surface area contributed by atoms with Crippen molar-refractivity contribution in [1.82, 2.24) is 10.2 Å². The maximum absolute atomic E-state index is 3.50. The molecule has 0 radical (unpaired) electrons. The Morgan fingerprint density at radius 3 is 2.69 bits per heavy atom. The predicted molar refractivity (Wildman–Crippen MR) is 71.8 cm³/mol. The number of rotatable bonds is 6. The molecule has 1 fully saturated rings. The van der Waals surface area contributed by atoms with E-state index in [-0.39, 0.29) is 0 Å². The molecule has 2 nitrogen and oxygen atoms in total. The van der Waals surface area contributed by atoms with Crippen molar-refractivity contribution in [2.75, 3.05) is 26.7 Å². The zero-order chi connectivity index (χ0) is 12.0. The van der Waals surface area contributed by atoms with Gasteiger partial charge >= 0.3 is 0 Å². The van der Waals surface area contributed by atoms with Crippen molar-refractivity contribution in [3.8, 4) is 0 Å². The van der Waals surface area contributed by atoms with E-state index in [1.165, 1.54) is 51.7 Å². The molecule has 1 aliphatic rings. The van der Waals surface area contributed by atoms with Gasteiger partial charge in [-0.3, -0.25) is 0 Å². The molecule has 16 heavy (non-hydrogen) atoms. The van der Waals surface area contributed by atoms with Gasteiger partial charge in [-0.05, 0) is 78.6 Å². The van der Waals surface area contributed by atoms with E-state index < -0.39 is 0 Å². The second kappa shape index (κ2) is 6.61. The molecule has 0 aromatic heterocycles. The molecule has 0 aromatic carbocycles. The van der Waals surface area contributed by atoms with Crippen molar-refractivity contribution in [3.63, 3.8) is 0 Å². The Balaban J connectivity index is 2.14. The highest BCUT2D eigenvalue weighted by molar-refractivity contribution is 4.77. The summed E-state index contributed by atoms with van der Waals surface area (Å²) < 4.78 is 0. The molecule has 0 aromatic rings. The molecule has 1 rings (SSSR count). The van der Waals surface area contributed by atoms with Crippen molar-refractivity contribution in [2.45, 2.75) is 58.4 Å². The second-order valence-electron chi connectivity index (χ2n) is 5.94. The monoisotopic (exact) mass is 226 g/mol. The summed E-state index contributed by atoms with van der Waals surface area (Å²) in [5.74, 6) is 0.937. The van der Waals surface area contributed by atoms with E-state index >= 15 is 0 Å². The van der Waals surface area contributed by atoms with Gasteiger partial charge in [-0.25, -0.2) is 0 Å². The first-order valence-corrected chi connectivity index (χ1v) is 6.98. The summed E-state index contributed by atoms with van der Waals surface area (Å²) in [6.45, 7) is 10.7. The molecule has 0 spiro atoms. The van der Waals surface area contributed by atoms with Crippen molar-refractivity contribution >= 4 is 0 Å². The lowest BCUT2D eigenvalue weighted by Crippen LogP contribution is -2.41. The van der Waals surface area contributed by atoms with Crippen LogP contribution in [0.25, 0.3) is 0 Å². The van der Waals surface area contributed by atoms with Crippen LogP contribution in [0.3, 0.4) is 0 Å². The molecule has 0 bridgehead atoms. The molecule has 1 saturated heterocycles. The van der Waals surface area contributed by atoms with Gasteiger partial charge in [0, 0.05) is 5.54 Å². The van der Waals surface area contributed by atoms with E-state index in [4.69, 9.17) is 0 Å². The highest BCUT2D eigenvalue weighted by Gasteiger charge is 2.21. The summed E-state index contributed by atoms with van der Waals surface area (Å²) in [5.41, 5.74) is 0.366. The highest BCUT2D eigenvalue weighted by Crippen LogP contribution is 2.19. The molecule has 2 heteroatoms. The Labute approximate surface area is 102 Å². The van der Waals surface area contributed by atoms with Gasteiger partial charge in [-0.2, -0.15) is 0 Å². The topological polar surface area (TPSA) is 15.3 Å².